The van der Waals surface area contributed by atoms with Crippen molar-refractivity contribution in [3.8, 4) is 0 Å². The molecule has 0 saturated carbocycles. The number of carbonyl (C=O) groups excluding carboxylic acids is 1. The molecule has 0 aromatic rings. The Morgan fingerprint density at radius 1 is 1.77 bits per heavy atom. The van der Waals surface area contributed by atoms with Crippen molar-refractivity contribution < 1.29 is 4.79 Å². The molecule has 2 aliphatic rings. The predicted molar refractivity (Wildman–Crippen MR) is 48.3 cm³/mol. The zero-order chi connectivity index (χ0) is 9.42. The van der Waals surface area contributed by atoms with Crippen LogP contribution in [0, 0.1) is 0 Å². The molecule has 3 N–H and O–H groups in total. The highest BCUT2D eigenvalue weighted by Gasteiger charge is 2.25. The summed E-state index contributed by atoms with van der Waals surface area (Å²) < 4.78 is 0. The lowest BCUT2D eigenvalue weighted by atomic mass is 10.3. The van der Waals surface area contributed by atoms with E-state index in [1.54, 1.807) is 11.1 Å². The summed E-state index contributed by atoms with van der Waals surface area (Å²) in [6.07, 6.45) is 5.38. The normalized spacial score (nSPS) is 25.3. The molecular formula is C8H10N4O. The average molecular weight is 178 g/mol. The van der Waals surface area contributed by atoms with Gasteiger partial charge in [0.15, 0.2) is 0 Å². The summed E-state index contributed by atoms with van der Waals surface area (Å²) in [5.41, 5.74) is 8.94. The van der Waals surface area contributed by atoms with E-state index in [0.717, 1.165) is 11.5 Å². The third kappa shape index (κ3) is 1.33. The number of nitrogens with two attached hydrogens (primary N) is 1. The summed E-state index contributed by atoms with van der Waals surface area (Å²) >= 11 is 0. The first-order valence-electron chi connectivity index (χ1n) is 3.97. The fraction of sp³-hybridized carbons (Fsp3) is 0.250. The van der Waals surface area contributed by atoms with E-state index in [1.165, 1.54) is 0 Å². The molecule has 13 heavy (non-hydrogen) atoms. The zero-order valence-electron chi connectivity index (χ0n) is 7.19. The van der Waals surface area contributed by atoms with Crippen LogP contribution in [0.3, 0.4) is 0 Å². The van der Waals surface area contributed by atoms with Gasteiger partial charge in [0.1, 0.15) is 11.9 Å². The average Bonchev–Trinajstić information content (AvgIpc) is 2.46. The molecule has 0 saturated heterocycles. The Balaban J connectivity index is 2.26. The predicted octanol–water partition coefficient (Wildman–Crippen LogP) is -0.510. The molecule has 0 aromatic carbocycles. The lowest BCUT2D eigenvalue weighted by Gasteiger charge is -2.19. The highest BCUT2D eigenvalue weighted by atomic mass is 16.1. The summed E-state index contributed by atoms with van der Waals surface area (Å²) in [6.45, 7) is 1.90. The van der Waals surface area contributed by atoms with E-state index in [-0.39, 0.29) is 0 Å². The summed E-state index contributed by atoms with van der Waals surface area (Å²) in [4.78, 5) is 15.1. The third-order valence-electron chi connectivity index (χ3n) is 1.90. The number of aliphatic imine (C=N–C) groups is 1. The van der Waals surface area contributed by atoms with Crippen molar-refractivity contribution in [1.29, 1.82) is 0 Å². The van der Waals surface area contributed by atoms with E-state index in [9.17, 15) is 4.79 Å². The number of hydrogen-bond donors (Lipinski definition) is 2. The van der Waals surface area contributed by atoms with Gasteiger partial charge < -0.3 is 5.73 Å². The maximum absolute atomic E-state index is 10.8. The number of nitrogens with zero attached hydrogens (tertiary/aromatic N) is 2. The van der Waals surface area contributed by atoms with E-state index >= 15 is 0 Å². The summed E-state index contributed by atoms with van der Waals surface area (Å²) in [5, 5.41) is 1.68. The van der Waals surface area contributed by atoms with Crippen LogP contribution in [0.2, 0.25) is 0 Å². The van der Waals surface area contributed by atoms with Crippen molar-refractivity contribution in [1.82, 2.24) is 10.4 Å². The number of carbonyl (C=O) groups is 1. The van der Waals surface area contributed by atoms with Gasteiger partial charge in [-0.25, -0.2) is 10.4 Å². The second-order valence-corrected chi connectivity index (χ2v) is 2.97. The summed E-state index contributed by atoms with van der Waals surface area (Å²) in [5.74, 6) is 0.326. The number of hydrazine groups is 1. The van der Waals surface area contributed by atoms with Crippen LogP contribution in [0.1, 0.15) is 6.92 Å². The number of rotatable bonds is 1. The number of allylic oxidation sites excluding steroid dienone is 1. The molecule has 0 aromatic heterocycles. The van der Waals surface area contributed by atoms with Crippen LogP contribution >= 0.6 is 0 Å². The molecule has 5 heteroatoms. The molecule has 1 unspecified atom stereocenters. The monoisotopic (exact) mass is 178 g/mol. The van der Waals surface area contributed by atoms with Gasteiger partial charge >= 0.3 is 0 Å². The van der Waals surface area contributed by atoms with Gasteiger partial charge in [-0.3, -0.25) is 9.80 Å². The van der Waals surface area contributed by atoms with Crippen LogP contribution in [0.4, 0.5) is 0 Å². The van der Waals surface area contributed by atoms with Crippen LogP contribution in [0.25, 0.3) is 0 Å². The van der Waals surface area contributed by atoms with Gasteiger partial charge in [0, 0.05) is 11.9 Å². The minimum absolute atomic E-state index is 0.400. The highest BCUT2D eigenvalue weighted by molar-refractivity contribution is 5.94. The molecule has 0 fully saturated rings. The Hall–Kier alpha value is -1.62. The van der Waals surface area contributed by atoms with Crippen LogP contribution in [-0.4, -0.2) is 22.7 Å². The van der Waals surface area contributed by atoms with E-state index in [1.807, 2.05) is 19.2 Å². The first-order valence-corrected chi connectivity index (χ1v) is 3.97. The fourth-order valence-corrected chi connectivity index (χ4v) is 1.24. The molecule has 0 spiro atoms. The Morgan fingerprint density at radius 3 is 3.23 bits per heavy atom. The van der Waals surface area contributed by atoms with Gasteiger partial charge in [0.05, 0.1) is 0 Å². The molecule has 5 nitrogen and oxygen atoms in total. The number of hydrogen-bond acceptors (Lipinski definition) is 4. The zero-order valence-corrected chi connectivity index (χ0v) is 7.19. The van der Waals surface area contributed by atoms with Gasteiger partial charge in [-0.1, -0.05) is 0 Å². The molecule has 1 amide bonds. The second kappa shape index (κ2) is 2.70. The number of amides is 1. The van der Waals surface area contributed by atoms with E-state index < -0.39 is 11.9 Å². The lowest BCUT2D eigenvalue weighted by molar-refractivity contribution is -0.119. The van der Waals surface area contributed by atoms with Crippen LogP contribution < -0.4 is 11.2 Å². The van der Waals surface area contributed by atoms with Crippen LogP contribution in [0.15, 0.2) is 29.2 Å². The fourth-order valence-electron chi connectivity index (χ4n) is 1.24. The van der Waals surface area contributed by atoms with Crippen molar-refractivity contribution >= 4 is 11.6 Å². The van der Waals surface area contributed by atoms with Gasteiger partial charge in [0.25, 0.3) is 0 Å². The van der Waals surface area contributed by atoms with Crippen molar-refractivity contribution in [3.05, 3.63) is 24.2 Å². The first-order chi connectivity index (χ1) is 6.16. The van der Waals surface area contributed by atoms with E-state index in [0.29, 0.717) is 0 Å². The summed E-state index contributed by atoms with van der Waals surface area (Å²) in [6, 6.07) is -0.450. The molecule has 68 valence electrons. The summed E-state index contributed by atoms with van der Waals surface area (Å²) in [7, 11) is 0. The SMILES string of the molecule is CC1=NC2=CC(C(N)=O)NN2C=C1. The molecule has 0 radical (unpaired) electrons. The molecule has 0 aliphatic carbocycles. The van der Waals surface area contributed by atoms with Gasteiger partial charge in [-0.2, -0.15) is 0 Å². The van der Waals surface area contributed by atoms with Crippen LogP contribution in [-0.2, 0) is 4.79 Å². The molecular weight excluding hydrogens is 168 g/mol. The number of nitrogens with one attached hydrogen (secondary N) is 1. The quantitative estimate of drug-likeness (QED) is 0.568. The van der Waals surface area contributed by atoms with Gasteiger partial charge in [-0.15, -0.1) is 0 Å². The first kappa shape index (κ1) is 8.00. The van der Waals surface area contributed by atoms with E-state index in [2.05, 4.69) is 10.4 Å². The highest BCUT2D eigenvalue weighted by Crippen LogP contribution is 2.17. The van der Waals surface area contributed by atoms with Crippen molar-refractivity contribution in [2.24, 2.45) is 10.7 Å². The van der Waals surface area contributed by atoms with Gasteiger partial charge in [0.2, 0.25) is 5.91 Å². The van der Waals surface area contributed by atoms with Crippen molar-refractivity contribution in [2.75, 3.05) is 0 Å². The maximum atomic E-state index is 10.8. The van der Waals surface area contributed by atoms with E-state index in [4.69, 9.17) is 5.73 Å². The number of primary amides is 1. The topological polar surface area (TPSA) is 70.7 Å². The Bertz CT molecular complexity index is 342. The number of fused-ring (bicyclic) bond motifs is 1. The second-order valence-electron chi connectivity index (χ2n) is 2.97. The molecule has 1 atom stereocenters. The molecule has 0 bridgehead atoms. The van der Waals surface area contributed by atoms with Crippen LogP contribution in [0.5, 0.6) is 0 Å². The maximum Gasteiger partial charge on any atom is 0.240 e. The standard InChI is InChI=1S/C8H10N4O/c1-5-2-3-12-7(10-5)4-6(11-12)8(9)13/h2-4,6,11H,1H3,(H2,9,13). The Kier molecular flexibility index (Phi) is 1.66. The Labute approximate surface area is 75.6 Å². The smallest absolute Gasteiger partial charge is 0.240 e. The van der Waals surface area contributed by atoms with Crippen molar-refractivity contribution in [2.45, 2.75) is 13.0 Å². The Morgan fingerprint density at radius 2 is 2.54 bits per heavy atom. The van der Waals surface area contributed by atoms with Crippen molar-refractivity contribution in [3.63, 3.8) is 0 Å². The minimum Gasteiger partial charge on any atom is -0.368 e. The third-order valence-corrected chi connectivity index (χ3v) is 1.90. The molecule has 2 aliphatic heterocycles. The minimum atomic E-state index is -0.450. The largest absolute Gasteiger partial charge is 0.368 e. The molecule has 2 heterocycles. The lowest BCUT2D eigenvalue weighted by Crippen LogP contribution is -2.41. The molecule has 2 rings (SSSR count). The van der Waals surface area contributed by atoms with Gasteiger partial charge in [-0.05, 0) is 19.1 Å².